The Bertz CT molecular complexity index is 555. The molecular weight excluding hydrogens is 221 g/mol. The van der Waals surface area contributed by atoms with E-state index < -0.39 is 0 Å². The van der Waals surface area contributed by atoms with Gasteiger partial charge >= 0.3 is 0 Å². The van der Waals surface area contributed by atoms with Crippen LogP contribution in [0.2, 0.25) is 0 Å². The van der Waals surface area contributed by atoms with Crippen LogP contribution in [0.3, 0.4) is 0 Å². The molecule has 1 aromatic carbocycles. The van der Waals surface area contributed by atoms with Crippen LogP contribution in [0.15, 0.2) is 30.3 Å². The molecule has 17 heavy (non-hydrogen) atoms. The summed E-state index contributed by atoms with van der Waals surface area (Å²) >= 11 is 0. The summed E-state index contributed by atoms with van der Waals surface area (Å²) in [4.78, 5) is 4.13. The van der Waals surface area contributed by atoms with Crippen LogP contribution in [-0.2, 0) is 0 Å². The molecule has 0 bridgehead atoms. The van der Waals surface area contributed by atoms with Gasteiger partial charge in [-0.2, -0.15) is 0 Å². The fourth-order valence-electron chi connectivity index (χ4n) is 1.53. The molecule has 0 saturated carbocycles. The molecule has 0 spiro atoms. The maximum absolute atomic E-state index is 13.7. The molecule has 2 aromatic rings. The molecule has 0 aliphatic rings. The fraction of sp³-hybridized carbons (Fsp3) is 0.154. The SMILES string of the molecule is COc1ccc(F)c(-c2ccc(O)c(C)n2)c1. The Morgan fingerprint density at radius 3 is 2.65 bits per heavy atom. The molecule has 0 amide bonds. The number of rotatable bonds is 2. The van der Waals surface area contributed by atoms with Crippen molar-refractivity contribution in [3.05, 3.63) is 41.8 Å². The van der Waals surface area contributed by atoms with Crippen LogP contribution in [-0.4, -0.2) is 17.2 Å². The quantitative estimate of drug-likeness (QED) is 0.867. The largest absolute Gasteiger partial charge is 0.506 e. The van der Waals surface area contributed by atoms with Gasteiger partial charge in [0.15, 0.2) is 0 Å². The van der Waals surface area contributed by atoms with Gasteiger partial charge in [-0.15, -0.1) is 0 Å². The van der Waals surface area contributed by atoms with Crippen molar-refractivity contribution < 1.29 is 14.2 Å². The smallest absolute Gasteiger partial charge is 0.136 e. The first-order valence-electron chi connectivity index (χ1n) is 5.12. The summed E-state index contributed by atoms with van der Waals surface area (Å²) in [5.41, 5.74) is 1.29. The highest BCUT2D eigenvalue weighted by molar-refractivity contribution is 5.63. The third-order valence-electron chi connectivity index (χ3n) is 2.51. The van der Waals surface area contributed by atoms with Crippen molar-refractivity contribution in [2.45, 2.75) is 6.92 Å². The highest BCUT2D eigenvalue weighted by Crippen LogP contribution is 2.27. The molecule has 4 heteroatoms. The van der Waals surface area contributed by atoms with Crippen molar-refractivity contribution in [1.82, 2.24) is 4.98 Å². The zero-order valence-corrected chi connectivity index (χ0v) is 9.57. The Morgan fingerprint density at radius 1 is 1.24 bits per heavy atom. The van der Waals surface area contributed by atoms with E-state index in [0.717, 1.165) is 0 Å². The highest BCUT2D eigenvalue weighted by atomic mass is 19.1. The zero-order chi connectivity index (χ0) is 12.4. The number of halogens is 1. The van der Waals surface area contributed by atoms with Gasteiger partial charge in [0.05, 0.1) is 18.5 Å². The Hall–Kier alpha value is -2.10. The summed E-state index contributed by atoms with van der Waals surface area (Å²) in [6, 6.07) is 7.52. The maximum Gasteiger partial charge on any atom is 0.136 e. The first-order valence-corrected chi connectivity index (χ1v) is 5.12. The molecule has 0 fully saturated rings. The highest BCUT2D eigenvalue weighted by Gasteiger charge is 2.09. The molecule has 2 rings (SSSR count). The lowest BCUT2D eigenvalue weighted by atomic mass is 10.1. The van der Waals surface area contributed by atoms with E-state index in [1.807, 2.05) is 0 Å². The van der Waals surface area contributed by atoms with Crippen LogP contribution in [0.5, 0.6) is 11.5 Å². The van der Waals surface area contributed by atoms with Gasteiger partial charge in [0, 0.05) is 5.56 Å². The van der Waals surface area contributed by atoms with Gasteiger partial charge in [0.2, 0.25) is 0 Å². The monoisotopic (exact) mass is 233 g/mol. The summed E-state index contributed by atoms with van der Waals surface area (Å²) in [6.45, 7) is 1.66. The van der Waals surface area contributed by atoms with E-state index >= 15 is 0 Å². The van der Waals surface area contributed by atoms with Gasteiger partial charge in [-0.1, -0.05) is 0 Å². The number of aromatic nitrogens is 1. The lowest BCUT2D eigenvalue weighted by Crippen LogP contribution is -1.92. The predicted octanol–water partition coefficient (Wildman–Crippen LogP) is 2.91. The second kappa shape index (κ2) is 4.41. The lowest BCUT2D eigenvalue weighted by Gasteiger charge is -2.07. The van der Waals surface area contributed by atoms with Crippen LogP contribution < -0.4 is 4.74 Å². The van der Waals surface area contributed by atoms with E-state index in [0.29, 0.717) is 22.7 Å². The zero-order valence-electron chi connectivity index (χ0n) is 9.57. The van der Waals surface area contributed by atoms with Crippen molar-refractivity contribution in [3.8, 4) is 22.8 Å². The molecule has 0 saturated heterocycles. The normalized spacial score (nSPS) is 10.3. The summed E-state index contributed by atoms with van der Waals surface area (Å²) in [5, 5.41) is 9.38. The van der Waals surface area contributed by atoms with E-state index in [1.165, 1.54) is 19.2 Å². The van der Waals surface area contributed by atoms with E-state index in [2.05, 4.69) is 4.98 Å². The molecule has 0 unspecified atom stereocenters. The molecule has 88 valence electrons. The summed E-state index contributed by atoms with van der Waals surface area (Å²) in [6.07, 6.45) is 0. The molecule has 1 N–H and O–H groups in total. The van der Waals surface area contributed by atoms with E-state index in [-0.39, 0.29) is 11.6 Å². The Kier molecular flexibility index (Phi) is 2.95. The standard InChI is InChI=1S/C13H12FNO2/c1-8-13(16)6-5-12(15-8)10-7-9(17-2)3-4-11(10)14/h3-7,16H,1-2H3. The topological polar surface area (TPSA) is 42.4 Å². The molecule has 0 atom stereocenters. The first kappa shape index (κ1) is 11.4. The average Bonchev–Trinajstić information content (AvgIpc) is 2.33. The van der Waals surface area contributed by atoms with Crippen LogP contribution in [0.1, 0.15) is 5.69 Å². The number of methoxy groups -OCH3 is 1. The average molecular weight is 233 g/mol. The van der Waals surface area contributed by atoms with E-state index in [1.54, 1.807) is 25.1 Å². The summed E-state index contributed by atoms with van der Waals surface area (Å²) in [5.74, 6) is 0.286. The number of pyridine rings is 1. The van der Waals surface area contributed by atoms with Gasteiger partial charge in [-0.25, -0.2) is 9.37 Å². The molecule has 0 radical (unpaired) electrons. The van der Waals surface area contributed by atoms with Gasteiger partial charge in [-0.05, 0) is 37.3 Å². The van der Waals surface area contributed by atoms with Crippen molar-refractivity contribution in [1.29, 1.82) is 0 Å². The minimum Gasteiger partial charge on any atom is -0.506 e. The number of benzene rings is 1. The van der Waals surface area contributed by atoms with E-state index in [9.17, 15) is 9.50 Å². The molecule has 0 aliphatic carbocycles. The van der Waals surface area contributed by atoms with Crippen molar-refractivity contribution in [3.63, 3.8) is 0 Å². The predicted molar refractivity (Wildman–Crippen MR) is 62.6 cm³/mol. The van der Waals surface area contributed by atoms with Crippen LogP contribution in [0.4, 0.5) is 4.39 Å². The fourth-order valence-corrected chi connectivity index (χ4v) is 1.53. The van der Waals surface area contributed by atoms with Crippen molar-refractivity contribution in [2.24, 2.45) is 0 Å². The molecule has 0 aliphatic heterocycles. The second-order valence-electron chi connectivity index (χ2n) is 3.65. The van der Waals surface area contributed by atoms with Crippen molar-refractivity contribution >= 4 is 0 Å². The van der Waals surface area contributed by atoms with Gasteiger partial charge in [0.25, 0.3) is 0 Å². The Morgan fingerprint density at radius 2 is 2.00 bits per heavy atom. The van der Waals surface area contributed by atoms with Crippen LogP contribution in [0.25, 0.3) is 11.3 Å². The minimum atomic E-state index is -0.372. The van der Waals surface area contributed by atoms with Gasteiger partial charge in [-0.3, -0.25) is 0 Å². The first-order chi connectivity index (χ1) is 8.11. The maximum atomic E-state index is 13.7. The lowest BCUT2D eigenvalue weighted by molar-refractivity contribution is 0.414. The number of hydrogen-bond acceptors (Lipinski definition) is 3. The third kappa shape index (κ3) is 2.20. The van der Waals surface area contributed by atoms with Crippen LogP contribution in [0, 0.1) is 12.7 Å². The summed E-state index contributed by atoms with van der Waals surface area (Å²) in [7, 11) is 1.52. The van der Waals surface area contributed by atoms with Gasteiger partial charge < -0.3 is 9.84 Å². The van der Waals surface area contributed by atoms with Crippen LogP contribution >= 0.6 is 0 Å². The molecule has 1 heterocycles. The number of aromatic hydroxyl groups is 1. The number of hydrogen-bond donors (Lipinski definition) is 1. The Labute approximate surface area is 98.5 Å². The third-order valence-corrected chi connectivity index (χ3v) is 2.51. The van der Waals surface area contributed by atoms with Crippen molar-refractivity contribution in [2.75, 3.05) is 7.11 Å². The summed E-state index contributed by atoms with van der Waals surface area (Å²) < 4.78 is 18.7. The number of ether oxygens (including phenoxy) is 1. The molecule has 3 nitrogen and oxygen atoms in total. The van der Waals surface area contributed by atoms with E-state index in [4.69, 9.17) is 4.74 Å². The van der Waals surface area contributed by atoms with Gasteiger partial charge in [0.1, 0.15) is 17.3 Å². The minimum absolute atomic E-state index is 0.0945. The number of aryl methyl sites for hydroxylation is 1. The number of nitrogens with zero attached hydrogens (tertiary/aromatic N) is 1. The molecule has 1 aromatic heterocycles. The second-order valence-corrected chi connectivity index (χ2v) is 3.65. The molecular formula is C13H12FNO2. The Balaban J connectivity index is 2.55.